The molecule has 4 aliphatic carbocycles. The average molecular weight is 621 g/mol. The number of benzene rings is 2. The topological polar surface area (TPSA) is 0 Å². The zero-order chi connectivity index (χ0) is 30.9. The van der Waals surface area contributed by atoms with E-state index in [9.17, 15) is 26.3 Å². The van der Waals surface area contributed by atoms with Gasteiger partial charge in [-0.25, -0.2) is 0 Å². The van der Waals surface area contributed by atoms with Crippen LogP contribution in [0.5, 0.6) is 0 Å². The third-order valence-corrected chi connectivity index (χ3v) is 18.2. The molecule has 0 bridgehead atoms. The largest absolute Gasteiger partial charge is 0.416 e. The molecule has 0 saturated heterocycles. The molecule has 0 nitrogen and oxygen atoms in total. The van der Waals surface area contributed by atoms with Crippen LogP contribution in [0.4, 0.5) is 26.3 Å². The van der Waals surface area contributed by atoms with Gasteiger partial charge in [0, 0.05) is 0 Å². The van der Waals surface area contributed by atoms with Gasteiger partial charge < -0.3 is 0 Å². The number of hydrogen-bond donors (Lipinski definition) is 0. The summed E-state index contributed by atoms with van der Waals surface area (Å²) in [6, 6.07) is 12.5. The van der Waals surface area contributed by atoms with Crippen LogP contribution < -0.4 is 0 Å². The summed E-state index contributed by atoms with van der Waals surface area (Å²) in [5.41, 5.74) is 1.12. The van der Waals surface area contributed by atoms with Crippen LogP contribution in [0.15, 0.2) is 48.5 Å². The van der Waals surface area contributed by atoms with Gasteiger partial charge in [-0.3, -0.25) is 0 Å². The lowest BCUT2D eigenvalue weighted by Crippen LogP contribution is -2.47. The number of halogens is 6. The summed E-state index contributed by atoms with van der Waals surface area (Å²) in [7, 11) is -1.99. The van der Waals surface area contributed by atoms with Crippen LogP contribution in [-0.2, 0) is 12.4 Å². The Hall–Kier alpha value is -1.76. The summed E-state index contributed by atoms with van der Waals surface area (Å²) in [5, 5.41) is 0. The van der Waals surface area contributed by atoms with E-state index in [0.29, 0.717) is 45.9 Å². The summed E-state index contributed by atoms with van der Waals surface area (Å²) in [6.07, 6.45) is -0.965. The van der Waals surface area contributed by atoms with Crippen LogP contribution in [0, 0.1) is 35.5 Å². The highest BCUT2D eigenvalue weighted by Crippen LogP contribution is 2.67. The Morgan fingerprint density at radius 2 is 0.930 bits per heavy atom. The summed E-state index contributed by atoms with van der Waals surface area (Å²) in [4.78, 5) is 0. The van der Waals surface area contributed by atoms with E-state index in [1.807, 2.05) is 0 Å². The molecule has 10 atom stereocenters. The second-order valence-electron chi connectivity index (χ2n) is 15.2. The van der Waals surface area contributed by atoms with Crippen molar-refractivity contribution in [1.29, 1.82) is 0 Å². The lowest BCUT2D eigenvalue weighted by atomic mass is 9.70. The molecule has 2 aromatic rings. The highest BCUT2D eigenvalue weighted by molar-refractivity contribution is 6.80. The van der Waals surface area contributed by atoms with Crippen LogP contribution in [0.2, 0.25) is 24.2 Å². The average Bonchev–Trinajstić information content (AvgIpc) is 3.48. The maximum atomic E-state index is 14.1. The minimum Gasteiger partial charge on any atom is -0.166 e. The molecule has 0 aliphatic heterocycles. The zero-order valence-corrected chi connectivity index (χ0v) is 26.8. The predicted molar refractivity (Wildman–Crippen MR) is 163 cm³/mol. The minimum absolute atomic E-state index is 0.0551. The smallest absolute Gasteiger partial charge is 0.166 e. The first kappa shape index (κ1) is 31.2. The highest BCUT2D eigenvalue weighted by atomic mass is 28.3. The van der Waals surface area contributed by atoms with E-state index in [2.05, 4.69) is 26.9 Å². The number of hydrogen-bond acceptors (Lipinski definition) is 0. The maximum absolute atomic E-state index is 14.1. The molecule has 7 heteroatoms. The highest BCUT2D eigenvalue weighted by Gasteiger charge is 2.60. The van der Waals surface area contributed by atoms with Gasteiger partial charge in [-0.2, -0.15) is 26.3 Å². The monoisotopic (exact) mass is 620 g/mol. The van der Waals surface area contributed by atoms with Gasteiger partial charge in [0.05, 0.1) is 19.2 Å². The normalized spacial score (nSPS) is 36.8. The van der Waals surface area contributed by atoms with Crippen LogP contribution in [0.3, 0.4) is 0 Å². The Morgan fingerprint density at radius 1 is 0.558 bits per heavy atom. The molecule has 0 spiro atoms. The number of fused-ring (bicyclic) bond motifs is 2. The molecule has 0 radical (unpaired) electrons. The number of rotatable bonds is 4. The second kappa shape index (κ2) is 11.2. The van der Waals surface area contributed by atoms with Gasteiger partial charge in [0.1, 0.15) is 0 Å². The first-order valence-corrected chi connectivity index (χ1v) is 19.7. The molecule has 0 heterocycles. The molecule has 10 unspecified atom stereocenters. The fourth-order valence-electron chi connectivity index (χ4n) is 11.9. The van der Waals surface area contributed by atoms with E-state index in [1.165, 1.54) is 24.3 Å². The van der Waals surface area contributed by atoms with Gasteiger partial charge in [-0.1, -0.05) is 89.0 Å². The van der Waals surface area contributed by atoms with Crippen molar-refractivity contribution in [2.45, 2.75) is 114 Å². The summed E-state index contributed by atoms with van der Waals surface area (Å²) < 4.78 is 84.5. The van der Waals surface area contributed by atoms with Crippen molar-refractivity contribution >= 4 is 8.07 Å². The molecule has 4 fully saturated rings. The van der Waals surface area contributed by atoms with Gasteiger partial charge in [0.2, 0.25) is 0 Å². The predicted octanol–water partition coefficient (Wildman–Crippen LogP) is 12.0. The molecule has 236 valence electrons. The van der Waals surface area contributed by atoms with Crippen LogP contribution in [0.1, 0.15) is 99.3 Å². The lowest BCUT2D eigenvalue weighted by Gasteiger charge is -2.49. The van der Waals surface area contributed by atoms with Crippen molar-refractivity contribution in [3.05, 3.63) is 70.8 Å². The third-order valence-electron chi connectivity index (χ3n) is 12.7. The van der Waals surface area contributed by atoms with Crippen molar-refractivity contribution in [3.8, 4) is 0 Å². The van der Waals surface area contributed by atoms with Gasteiger partial charge in [0.15, 0.2) is 0 Å². The molecule has 43 heavy (non-hydrogen) atoms. The molecule has 2 aromatic carbocycles. The molecule has 0 amide bonds. The van der Waals surface area contributed by atoms with E-state index < -0.39 is 31.6 Å². The Bertz CT molecular complexity index is 1200. The quantitative estimate of drug-likeness (QED) is 0.236. The third kappa shape index (κ3) is 5.41. The van der Waals surface area contributed by atoms with Crippen molar-refractivity contribution < 1.29 is 26.3 Å². The van der Waals surface area contributed by atoms with Crippen LogP contribution in [0.25, 0.3) is 0 Å². The van der Waals surface area contributed by atoms with Crippen LogP contribution >= 0.6 is 0 Å². The molecule has 4 aliphatic rings. The van der Waals surface area contributed by atoms with E-state index in [4.69, 9.17) is 0 Å². The van der Waals surface area contributed by atoms with Crippen molar-refractivity contribution in [1.82, 2.24) is 0 Å². The number of alkyl halides is 6. The lowest BCUT2D eigenvalue weighted by molar-refractivity contribution is -0.139. The van der Waals surface area contributed by atoms with Gasteiger partial charge in [0.25, 0.3) is 0 Å². The Balaban J connectivity index is 1.30. The molecule has 0 aromatic heterocycles. The molecule has 6 rings (SSSR count). The molecular weight excluding hydrogens is 574 g/mol. The van der Waals surface area contributed by atoms with E-state index in [1.54, 1.807) is 24.3 Å². The maximum Gasteiger partial charge on any atom is 0.416 e. The first-order chi connectivity index (χ1) is 20.2. The van der Waals surface area contributed by atoms with Gasteiger partial charge in [-0.15, -0.1) is 0 Å². The zero-order valence-electron chi connectivity index (χ0n) is 25.8. The fourth-order valence-corrected chi connectivity index (χ4v) is 18.6. The van der Waals surface area contributed by atoms with E-state index in [-0.39, 0.29) is 23.7 Å². The van der Waals surface area contributed by atoms with Crippen LogP contribution in [-0.4, -0.2) is 8.07 Å². The Morgan fingerprint density at radius 3 is 1.30 bits per heavy atom. The van der Waals surface area contributed by atoms with Gasteiger partial charge >= 0.3 is 12.4 Å². The summed E-state index contributed by atoms with van der Waals surface area (Å²) >= 11 is 0. The van der Waals surface area contributed by atoms with Gasteiger partial charge in [-0.05, 0) is 107 Å². The summed E-state index contributed by atoms with van der Waals surface area (Å²) in [5.74, 6) is 2.24. The second-order valence-corrected chi connectivity index (χ2v) is 20.2. The van der Waals surface area contributed by atoms with E-state index in [0.717, 1.165) is 51.4 Å². The first-order valence-electron chi connectivity index (χ1n) is 16.5. The molecule has 4 saturated carbocycles. The molecule has 0 N–H and O–H groups in total. The van der Waals surface area contributed by atoms with Crippen molar-refractivity contribution in [2.24, 2.45) is 35.5 Å². The summed E-state index contributed by atoms with van der Waals surface area (Å²) in [6.45, 7) is 9.79. The SMILES string of the molecule is CC1CC2C(c3ccccc3C(F)(F)F)CCCC2C1[Si](C)(C)C1C(C)CC2C(c3ccccc3C(F)(F)F)CCCC21. The van der Waals surface area contributed by atoms with Crippen molar-refractivity contribution in [3.63, 3.8) is 0 Å². The molecular formula is C36H46F6Si. The minimum atomic E-state index is -4.35. The standard InChI is InChI=1S/C36H46F6Si/c1-21-19-29-23(25-11-5-7-17-31(25)35(37,38)39)13-9-15-27(29)33(21)43(3,4)34-22(2)20-30-24(14-10-16-28(30)34)26-12-6-8-18-32(26)36(40,41)42/h5-8,11-12,17-18,21-24,27-30,33-34H,9-10,13-16,19-20H2,1-4H3. The Kier molecular flexibility index (Phi) is 8.16. The van der Waals surface area contributed by atoms with E-state index >= 15 is 0 Å². The van der Waals surface area contributed by atoms with Crippen molar-refractivity contribution in [2.75, 3.05) is 0 Å². The Labute approximate surface area is 254 Å². The fraction of sp³-hybridized carbons (Fsp3) is 0.667.